The van der Waals surface area contributed by atoms with Crippen molar-refractivity contribution >= 4 is 44.9 Å². The zero-order valence-electron chi connectivity index (χ0n) is 13.5. The number of hydrogen-bond donors (Lipinski definition) is 1. The van der Waals surface area contributed by atoms with Crippen LogP contribution < -0.4 is 5.73 Å². The lowest BCUT2D eigenvalue weighted by Crippen LogP contribution is -2.33. The van der Waals surface area contributed by atoms with Crippen molar-refractivity contribution < 1.29 is 23.8 Å². The van der Waals surface area contributed by atoms with Gasteiger partial charge in [0.15, 0.2) is 23.8 Å². The fourth-order valence-corrected chi connectivity index (χ4v) is 3.27. The Bertz CT molecular complexity index is 812. The van der Waals surface area contributed by atoms with Crippen LogP contribution in [0.15, 0.2) is 12.7 Å². The maximum atomic E-state index is 11.5. The molecule has 0 saturated carbocycles. The lowest BCUT2D eigenvalue weighted by Gasteiger charge is -2.21. The SMILES string of the molecule is CC(=O)OC[C@H]1OC(n2cnc3c(N)ncnc32)[C@H](OC(C)=O)[C@H]1Br. The Kier molecular flexibility index (Phi) is 4.86. The summed E-state index contributed by atoms with van der Waals surface area (Å²) < 4.78 is 18.0. The number of aromatic nitrogens is 4. The summed E-state index contributed by atoms with van der Waals surface area (Å²) in [6.07, 6.45) is 0.896. The van der Waals surface area contributed by atoms with Crippen LogP contribution in [0.25, 0.3) is 11.2 Å². The second-order valence-corrected chi connectivity index (χ2v) is 6.53. The molecule has 0 aromatic carbocycles. The summed E-state index contributed by atoms with van der Waals surface area (Å²) in [4.78, 5) is 34.4. The molecule has 0 amide bonds. The van der Waals surface area contributed by atoms with Crippen molar-refractivity contribution in [2.45, 2.75) is 37.1 Å². The Hall–Kier alpha value is -2.27. The molecule has 1 aliphatic heterocycles. The van der Waals surface area contributed by atoms with E-state index in [1.165, 1.54) is 26.5 Å². The van der Waals surface area contributed by atoms with Gasteiger partial charge in [-0.15, -0.1) is 0 Å². The van der Waals surface area contributed by atoms with E-state index in [2.05, 4.69) is 30.9 Å². The first-order valence-corrected chi connectivity index (χ1v) is 8.33. The van der Waals surface area contributed by atoms with Crippen molar-refractivity contribution in [3.63, 3.8) is 0 Å². The third-order valence-corrected chi connectivity index (χ3v) is 4.79. The highest BCUT2D eigenvalue weighted by molar-refractivity contribution is 9.09. The van der Waals surface area contributed by atoms with Crippen molar-refractivity contribution in [2.24, 2.45) is 0 Å². The molecule has 3 rings (SSSR count). The normalized spacial score (nSPS) is 25.9. The van der Waals surface area contributed by atoms with Crippen molar-refractivity contribution in [3.8, 4) is 0 Å². The molecule has 1 fully saturated rings. The molecule has 25 heavy (non-hydrogen) atoms. The quantitative estimate of drug-likeness (QED) is 0.563. The molecule has 0 bridgehead atoms. The van der Waals surface area contributed by atoms with Crippen LogP contribution in [0.5, 0.6) is 0 Å². The van der Waals surface area contributed by atoms with Gasteiger partial charge in [0.25, 0.3) is 0 Å². The van der Waals surface area contributed by atoms with E-state index < -0.39 is 35.2 Å². The van der Waals surface area contributed by atoms with Crippen LogP contribution in [0.3, 0.4) is 0 Å². The average Bonchev–Trinajstić information content (AvgIpc) is 3.09. The van der Waals surface area contributed by atoms with Gasteiger partial charge in [0.1, 0.15) is 24.6 Å². The summed E-state index contributed by atoms with van der Waals surface area (Å²) in [5.74, 6) is -0.656. The molecule has 1 unspecified atom stereocenters. The Balaban J connectivity index is 1.94. The number of imidazole rings is 1. The number of esters is 2. The summed E-state index contributed by atoms with van der Waals surface area (Å²) in [5, 5.41) is 0. The Labute approximate surface area is 150 Å². The molecule has 4 atom stereocenters. The molecular formula is C14H16BrN5O5. The van der Waals surface area contributed by atoms with E-state index >= 15 is 0 Å². The number of carbonyl (C=O) groups excluding carboxylic acids is 2. The average molecular weight is 414 g/mol. The molecule has 0 aliphatic carbocycles. The maximum absolute atomic E-state index is 11.5. The van der Waals surface area contributed by atoms with Crippen molar-refractivity contribution in [3.05, 3.63) is 12.7 Å². The number of ether oxygens (including phenoxy) is 3. The fourth-order valence-electron chi connectivity index (χ4n) is 2.63. The molecule has 10 nitrogen and oxygen atoms in total. The van der Waals surface area contributed by atoms with Crippen LogP contribution in [-0.2, 0) is 23.8 Å². The summed E-state index contributed by atoms with van der Waals surface area (Å²) >= 11 is 3.47. The van der Waals surface area contributed by atoms with Crippen LogP contribution in [0.4, 0.5) is 5.82 Å². The predicted octanol–water partition coefficient (Wildman–Crippen LogP) is 0.564. The van der Waals surface area contributed by atoms with E-state index in [1.54, 1.807) is 4.57 Å². The maximum Gasteiger partial charge on any atom is 0.303 e. The van der Waals surface area contributed by atoms with Gasteiger partial charge in [-0.1, -0.05) is 15.9 Å². The number of hydrogen-bond acceptors (Lipinski definition) is 9. The lowest BCUT2D eigenvalue weighted by molar-refractivity contribution is -0.152. The minimum Gasteiger partial charge on any atom is -0.463 e. The van der Waals surface area contributed by atoms with Crippen LogP contribution in [-0.4, -0.2) is 55.1 Å². The molecule has 11 heteroatoms. The first-order chi connectivity index (χ1) is 11.9. The highest BCUT2D eigenvalue weighted by Crippen LogP contribution is 2.37. The van der Waals surface area contributed by atoms with Crippen LogP contribution in [0, 0.1) is 0 Å². The smallest absolute Gasteiger partial charge is 0.303 e. The number of anilines is 1. The second-order valence-electron chi connectivity index (χ2n) is 5.47. The monoisotopic (exact) mass is 413 g/mol. The predicted molar refractivity (Wildman–Crippen MR) is 88.5 cm³/mol. The van der Waals surface area contributed by atoms with E-state index in [-0.39, 0.29) is 12.4 Å². The van der Waals surface area contributed by atoms with Gasteiger partial charge in [0.2, 0.25) is 0 Å². The summed E-state index contributed by atoms with van der Waals surface area (Å²) in [6.45, 7) is 2.63. The van der Waals surface area contributed by atoms with Gasteiger partial charge < -0.3 is 19.9 Å². The summed E-state index contributed by atoms with van der Waals surface area (Å²) in [5.41, 5.74) is 6.66. The molecule has 2 aromatic heterocycles. The second kappa shape index (κ2) is 6.92. The van der Waals surface area contributed by atoms with Crippen molar-refractivity contribution in [1.82, 2.24) is 19.5 Å². The largest absolute Gasteiger partial charge is 0.463 e. The minimum absolute atomic E-state index is 0.0171. The molecule has 3 heterocycles. The van der Waals surface area contributed by atoms with Crippen molar-refractivity contribution in [2.75, 3.05) is 12.3 Å². The van der Waals surface area contributed by atoms with Gasteiger partial charge in [0.05, 0.1) is 11.2 Å². The van der Waals surface area contributed by atoms with Gasteiger partial charge in [-0.3, -0.25) is 14.2 Å². The van der Waals surface area contributed by atoms with Gasteiger partial charge in [0, 0.05) is 13.8 Å². The topological polar surface area (TPSA) is 131 Å². The van der Waals surface area contributed by atoms with E-state index in [0.29, 0.717) is 11.2 Å². The molecule has 0 spiro atoms. The zero-order chi connectivity index (χ0) is 18.1. The summed E-state index contributed by atoms with van der Waals surface area (Å²) in [7, 11) is 0. The van der Waals surface area contributed by atoms with Gasteiger partial charge in [-0.25, -0.2) is 15.0 Å². The highest BCUT2D eigenvalue weighted by Gasteiger charge is 2.47. The molecule has 2 aromatic rings. The fraction of sp³-hybridized carbons (Fsp3) is 0.500. The molecular weight excluding hydrogens is 398 g/mol. The number of alkyl halides is 1. The molecule has 1 aliphatic rings. The number of nitrogen functional groups attached to an aromatic ring is 1. The van der Waals surface area contributed by atoms with E-state index in [9.17, 15) is 9.59 Å². The van der Waals surface area contributed by atoms with Gasteiger partial charge >= 0.3 is 11.9 Å². The van der Waals surface area contributed by atoms with Gasteiger partial charge in [-0.05, 0) is 0 Å². The number of fused-ring (bicyclic) bond motifs is 1. The zero-order valence-corrected chi connectivity index (χ0v) is 15.0. The first kappa shape index (κ1) is 17.5. The number of rotatable bonds is 4. The standard InChI is InChI=1S/C14H16BrN5O5/c1-6(21)23-3-8-9(15)11(24-7(2)22)14(25-8)20-5-19-10-12(16)17-4-18-13(10)20/h4-5,8-9,11,14H,3H2,1-2H3,(H2,16,17,18)/t8-,9+,11-,14?/m1/s1. The Morgan fingerprint density at radius 2 is 2.08 bits per heavy atom. The number of halogens is 1. The van der Waals surface area contributed by atoms with Crippen LogP contribution in [0.2, 0.25) is 0 Å². The van der Waals surface area contributed by atoms with Gasteiger partial charge in [-0.2, -0.15) is 0 Å². The number of nitrogens with zero attached hydrogens (tertiary/aromatic N) is 4. The van der Waals surface area contributed by atoms with E-state index in [1.807, 2.05) is 0 Å². The minimum atomic E-state index is -0.715. The first-order valence-electron chi connectivity index (χ1n) is 7.41. The van der Waals surface area contributed by atoms with E-state index in [0.717, 1.165) is 0 Å². The van der Waals surface area contributed by atoms with E-state index in [4.69, 9.17) is 19.9 Å². The Morgan fingerprint density at radius 3 is 2.76 bits per heavy atom. The summed E-state index contributed by atoms with van der Waals surface area (Å²) in [6, 6.07) is 0. The van der Waals surface area contributed by atoms with Crippen LogP contribution >= 0.6 is 15.9 Å². The third-order valence-electron chi connectivity index (χ3n) is 3.68. The third kappa shape index (κ3) is 3.42. The Morgan fingerprint density at radius 1 is 1.32 bits per heavy atom. The molecule has 0 radical (unpaired) electrons. The lowest BCUT2D eigenvalue weighted by atomic mass is 10.2. The highest BCUT2D eigenvalue weighted by atomic mass is 79.9. The van der Waals surface area contributed by atoms with Crippen molar-refractivity contribution in [1.29, 1.82) is 0 Å². The number of carbonyl (C=O) groups is 2. The molecule has 1 saturated heterocycles. The molecule has 2 N–H and O–H groups in total. The van der Waals surface area contributed by atoms with Crippen LogP contribution in [0.1, 0.15) is 20.1 Å². The number of nitrogens with two attached hydrogens (primary N) is 1. The molecule has 134 valence electrons.